The highest BCUT2D eigenvalue weighted by atomic mass is 16.5. The summed E-state index contributed by atoms with van der Waals surface area (Å²) in [6.07, 6.45) is 1.80. The van der Waals surface area contributed by atoms with E-state index in [1.807, 2.05) is 42.5 Å². The zero-order valence-electron chi connectivity index (χ0n) is 13.6. The molecule has 0 aromatic heterocycles. The number of ether oxygens (including phenoxy) is 1. The third kappa shape index (κ3) is 2.71. The van der Waals surface area contributed by atoms with Crippen LogP contribution in [0.15, 0.2) is 53.5 Å². The van der Waals surface area contributed by atoms with Gasteiger partial charge >= 0.3 is 0 Å². The maximum atomic E-state index is 6.07. The Hall–Kier alpha value is -2.53. The highest BCUT2D eigenvalue weighted by Gasteiger charge is 2.40. The van der Waals surface area contributed by atoms with Crippen molar-refractivity contribution in [3.05, 3.63) is 54.1 Å². The molecule has 2 heterocycles. The van der Waals surface area contributed by atoms with E-state index in [2.05, 4.69) is 16.7 Å². The van der Waals surface area contributed by atoms with Crippen LogP contribution in [0, 0.1) is 0 Å². The molecule has 4 rings (SSSR count). The predicted molar refractivity (Wildman–Crippen MR) is 97.6 cm³/mol. The lowest BCUT2D eigenvalue weighted by Crippen LogP contribution is -2.56. The van der Waals surface area contributed by atoms with Crippen molar-refractivity contribution in [2.24, 2.45) is 4.99 Å². The highest BCUT2D eigenvalue weighted by molar-refractivity contribution is 6.00. The van der Waals surface area contributed by atoms with Gasteiger partial charge in [-0.2, -0.15) is 0 Å². The first-order valence-corrected chi connectivity index (χ1v) is 8.38. The van der Waals surface area contributed by atoms with Crippen LogP contribution < -0.4 is 16.4 Å². The molecule has 0 bridgehead atoms. The maximum Gasteiger partial charge on any atom is 0.129 e. The number of nitrogens with zero attached hydrogens (tertiary/aromatic N) is 1. The van der Waals surface area contributed by atoms with Crippen molar-refractivity contribution in [2.75, 3.05) is 24.3 Å². The standard InChI is InChI=1S/C19H22N4O/c20-15-6-2-1-5-14(15)13-21-18-19(9-11-24-12-10-19)23-17-8-4-3-7-16(17)22-18/h1-8,23H,9-13,20H2,(H,21,22). The Bertz CT molecular complexity index is 765. The number of hydrogen-bond acceptors (Lipinski definition) is 5. The molecular formula is C19H22N4O. The molecule has 1 spiro atoms. The quantitative estimate of drug-likeness (QED) is 0.743. The van der Waals surface area contributed by atoms with E-state index in [0.717, 1.165) is 54.5 Å². The molecule has 1 fully saturated rings. The van der Waals surface area contributed by atoms with Crippen LogP contribution in [0.4, 0.5) is 17.1 Å². The third-order valence-corrected chi connectivity index (χ3v) is 4.81. The summed E-state index contributed by atoms with van der Waals surface area (Å²) >= 11 is 0. The van der Waals surface area contributed by atoms with Crippen LogP contribution in [0.1, 0.15) is 18.4 Å². The van der Waals surface area contributed by atoms with Crippen molar-refractivity contribution >= 4 is 22.9 Å². The molecule has 0 aliphatic carbocycles. The first-order valence-electron chi connectivity index (χ1n) is 8.38. The second kappa shape index (κ2) is 6.17. The van der Waals surface area contributed by atoms with Crippen LogP contribution in [-0.4, -0.2) is 24.6 Å². The summed E-state index contributed by atoms with van der Waals surface area (Å²) < 4.78 is 5.57. The van der Waals surface area contributed by atoms with E-state index >= 15 is 0 Å². The lowest BCUT2D eigenvalue weighted by molar-refractivity contribution is 0.0771. The van der Waals surface area contributed by atoms with Crippen LogP contribution in [-0.2, 0) is 11.3 Å². The van der Waals surface area contributed by atoms with Crippen molar-refractivity contribution in [3.63, 3.8) is 0 Å². The number of nitrogens with two attached hydrogens (primary N) is 1. The van der Waals surface area contributed by atoms with E-state index in [1.165, 1.54) is 0 Å². The van der Waals surface area contributed by atoms with E-state index in [0.29, 0.717) is 6.54 Å². The molecular weight excluding hydrogens is 300 g/mol. The first-order chi connectivity index (χ1) is 11.8. The number of fused-ring (bicyclic) bond motifs is 1. The van der Waals surface area contributed by atoms with Gasteiger partial charge in [-0.25, -0.2) is 4.99 Å². The van der Waals surface area contributed by atoms with Crippen molar-refractivity contribution in [1.29, 1.82) is 0 Å². The third-order valence-electron chi connectivity index (χ3n) is 4.81. The van der Waals surface area contributed by atoms with Gasteiger partial charge in [-0.1, -0.05) is 30.3 Å². The van der Waals surface area contributed by atoms with E-state index in [4.69, 9.17) is 15.5 Å². The molecule has 0 radical (unpaired) electrons. The van der Waals surface area contributed by atoms with E-state index < -0.39 is 0 Å². The number of aliphatic imine (C=N–C) groups is 1. The number of amidine groups is 1. The van der Waals surface area contributed by atoms with Crippen molar-refractivity contribution in [2.45, 2.75) is 24.9 Å². The molecule has 2 aliphatic rings. The number of anilines is 2. The number of hydrogen-bond donors (Lipinski definition) is 3. The summed E-state index contributed by atoms with van der Waals surface area (Å²) in [6.45, 7) is 2.14. The van der Waals surface area contributed by atoms with Crippen molar-refractivity contribution in [3.8, 4) is 0 Å². The second-order valence-electron chi connectivity index (χ2n) is 6.35. The molecule has 5 heteroatoms. The summed E-state index contributed by atoms with van der Waals surface area (Å²) in [5.74, 6) is 0.979. The summed E-state index contributed by atoms with van der Waals surface area (Å²) in [4.78, 5) is 4.91. The van der Waals surface area contributed by atoms with E-state index in [1.54, 1.807) is 0 Å². The summed E-state index contributed by atoms with van der Waals surface area (Å²) in [5, 5.41) is 7.24. The van der Waals surface area contributed by atoms with Crippen LogP contribution in [0.25, 0.3) is 0 Å². The molecule has 0 saturated carbocycles. The number of rotatable bonds is 2. The van der Waals surface area contributed by atoms with Gasteiger partial charge in [0.25, 0.3) is 0 Å². The molecule has 0 amide bonds. The first kappa shape index (κ1) is 15.0. The Morgan fingerprint density at radius 3 is 2.67 bits per heavy atom. The predicted octanol–water partition coefficient (Wildman–Crippen LogP) is 3.06. The fraction of sp³-hybridized carbons (Fsp3) is 0.316. The lowest BCUT2D eigenvalue weighted by Gasteiger charge is -2.42. The van der Waals surface area contributed by atoms with Gasteiger partial charge in [-0.3, -0.25) is 0 Å². The fourth-order valence-corrected chi connectivity index (χ4v) is 3.39. The van der Waals surface area contributed by atoms with Crippen LogP contribution >= 0.6 is 0 Å². The highest BCUT2D eigenvalue weighted by Crippen LogP contribution is 2.37. The Morgan fingerprint density at radius 2 is 1.83 bits per heavy atom. The smallest absolute Gasteiger partial charge is 0.129 e. The normalized spacial score (nSPS) is 18.4. The molecule has 24 heavy (non-hydrogen) atoms. The Morgan fingerprint density at radius 1 is 1.08 bits per heavy atom. The number of para-hydroxylation sites is 3. The van der Waals surface area contributed by atoms with Crippen molar-refractivity contribution < 1.29 is 4.74 Å². The van der Waals surface area contributed by atoms with Gasteiger partial charge in [0.2, 0.25) is 0 Å². The summed E-state index contributed by atoms with van der Waals surface area (Å²) in [5.41, 5.74) is 9.83. The Kier molecular flexibility index (Phi) is 3.86. The molecule has 2 aromatic rings. The maximum absolute atomic E-state index is 6.07. The van der Waals surface area contributed by atoms with Gasteiger partial charge in [0, 0.05) is 38.3 Å². The Balaban J connectivity index is 1.64. The monoisotopic (exact) mass is 322 g/mol. The number of nitrogen functional groups attached to an aromatic ring is 1. The number of nitrogens with one attached hydrogen (secondary N) is 2. The minimum Gasteiger partial charge on any atom is -0.398 e. The largest absolute Gasteiger partial charge is 0.398 e. The van der Waals surface area contributed by atoms with Gasteiger partial charge in [-0.15, -0.1) is 0 Å². The van der Waals surface area contributed by atoms with Gasteiger partial charge in [0.1, 0.15) is 5.84 Å². The number of benzene rings is 2. The summed E-state index contributed by atoms with van der Waals surface area (Å²) in [6, 6.07) is 16.1. The van der Waals surface area contributed by atoms with Crippen molar-refractivity contribution in [1.82, 2.24) is 5.32 Å². The van der Waals surface area contributed by atoms with E-state index in [-0.39, 0.29) is 5.54 Å². The SMILES string of the molecule is Nc1ccccc1CNC1=Nc2ccccc2NC12CCOCC2. The molecule has 2 aliphatic heterocycles. The molecule has 0 atom stereocenters. The second-order valence-corrected chi connectivity index (χ2v) is 6.35. The van der Waals surface area contributed by atoms with Crippen LogP contribution in [0.2, 0.25) is 0 Å². The minimum atomic E-state index is -0.184. The molecule has 2 aromatic carbocycles. The molecule has 5 nitrogen and oxygen atoms in total. The van der Waals surface area contributed by atoms with E-state index in [9.17, 15) is 0 Å². The fourth-order valence-electron chi connectivity index (χ4n) is 3.39. The zero-order chi connectivity index (χ0) is 16.4. The molecule has 0 unspecified atom stereocenters. The lowest BCUT2D eigenvalue weighted by atomic mass is 9.86. The zero-order valence-corrected chi connectivity index (χ0v) is 13.6. The Labute approximate surface area is 141 Å². The van der Waals surface area contributed by atoms with Crippen LogP contribution in [0.5, 0.6) is 0 Å². The van der Waals surface area contributed by atoms with Gasteiger partial charge in [-0.05, 0) is 23.8 Å². The van der Waals surface area contributed by atoms with Gasteiger partial charge in [0.15, 0.2) is 0 Å². The van der Waals surface area contributed by atoms with Gasteiger partial charge < -0.3 is 21.1 Å². The molecule has 4 N–H and O–H groups in total. The molecule has 124 valence electrons. The topological polar surface area (TPSA) is 71.7 Å². The minimum absolute atomic E-state index is 0.184. The molecule has 1 saturated heterocycles. The van der Waals surface area contributed by atoms with Crippen LogP contribution in [0.3, 0.4) is 0 Å². The average Bonchev–Trinajstić information content (AvgIpc) is 2.62. The average molecular weight is 322 g/mol. The summed E-state index contributed by atoms with van der Waals surface area (Å²) in [7, 11) is 0. The van der Waals surface area contributed by atoms with Gasteiger partial charge in [0.05, 0.1) is 16.9 Å².